The lowest BCUT2D eigenvalue weighted by Gasteiger charge is -2.10. The molecule has 0 saturated carbocycles. The summed E-state index contributed by atoms with van der Waals surface area (Å²) in [6.07, 6.45) is 0. The molecule has 0 saturated heterocycles. The van der Waals surface area contributed by atoms with Crippen molar-refractivity contribution >= 4 is 5.91 Å². The van der Waals surface area contributed by atoms with Gasteiger partial charge in [0.15, 0.2) is 0 Å². The van der Waals surface area contributed by atoms with Gasteiger partial charge in [-0.15, -0.1) is 0 Å². The molecule has 0 aliphatic heterocycles. The summed E-state index contributed by atoms with van der Waals surface area (Å²) in [4.78, 5) is 24.2. The highest BCUT2D eigenvalue weighted by atomic mass is 16.5. The minimum atomic E-state index is -0.555. The molecule has 7 nitrogen and oxygen atoms in total. The molecule has 2 aromatic rings. The first-order chi connectivity index (χ1) is 11.5. The maximum Gasteiger partial charge on any atom is 0.285 e. The molecule has 0 aliphatic rings. The van der Waals surface area contributed by atoms with Gasteiger partial charge in [-0.1, -0.05) is 12.1 Å². The van der Waals surface area contributed by atoms with Crippen LogP contribution in [0, 0.1) is 25.2 Å². The molecule has 1 aromatic carbocycles. The first-order valence-electron chi connectivity index (χ1n) is 7.34. The third-order valence-electron chi connectivity index (χ3n) is 3.69. The van der Waals surface area contributed by atoms with Gasteiger partial charge in [0, 0.05) is 6.54 Å². The highest BCUT2D eigenvalue weighted by Crippen LogP contribution is 2.11. The van der Waals surface area contributed by atoms with Crippen LogP contribution in [0.4, 0.5) is 0 Å². The molecule has 0 unspecified atom stereocenters. The van der Waals surface area contributed by atoms with Crippen molar-refractivity contribution in [2.45, 2.75) is 26.9 Å². The van der Waals surface area contributed by atoms with E-state index in [1.165, 1.54) is 0 Å². The molecule has 0 fully saturated rings. The predicted octanol–water partition coefficient (Wildman–Crippen LogP) is 1.06. The van der Waals surface area contributed by atoms with Crippen molar-refractivity contribution in [1.82, 2.24) is 15.1 Å². The quantitative estimate of drug-likeness (QED) is 0.886. The largest absolute Gasteiger partial charge is 0.497 e. The summed E-state index contributed by atoms with van der Waals surface area (Å²) in [6.45, 7) is 3.45. The lowest BCUT2D eigenvalue weighted by molar-refractivity contribution is -0.122. The number of nitriles is 1. The third kappa shape index (κ3) is 3.79. The molecule has 124 valence electrons. The van der Waals surface area contributed by atoms with E-state index in [4.69, 9.17) is 10.00 Å². The van der Waals surface area contributed by atoms with Crippen LogP contribution in [-0.4, -0.2) is 22.8 Å². The number of aryl methyl sites for hydroxylation is 1. The Hall–Kier alpha value is -3.14. The Labute approximate surface area is 139 Å². The smallest absolute Gasteiger partial charge is 0.285 e. The third-order valence-corrected chi connectivity index (χ3v) is 3.69. The summed E-state index contributed by atoms with van der Waals surface area (Å²) in [5.41, 5.74) is 1.46. The van der Waals surface area contributed by atoms with E-state index in [-0.39, 0.29) is 18.0 Å². The Morgan fingerprint density at radius 1 is 1.33 bits per heavy atom. The number of aromatic nitrogens is 2. The lowest BCUT2D eigenvalue weighted by Crippen LogP contribution is -2.35. The van der Waals surface area contributed by atoms with E-state index in [1.54, 1.807) is 33.1 Å². The van der Waals surface area contributed by atoms with E-state index >= 15 is 0 Å². The van der Waals surface area contributed by atoms with Crippen molar-refractivity contribution in [3.8, 4) is 11.8 Å². The molecular formula is C17H18N4O3. The van der Waals surface area contributed by atoms with Crippen molar-refractivity contribution in [3.05, 3.63) is 57.0 Å². The zero-order valence-electron chi connectivity index (χ0n) is 13.8. The second kappa shape index (κ2) is 7.42. The highest BCUT2D eigenvalue weighted by molar-refractivity contribution is 5.75. The Bertz CT molecular complexity index is 848. The summed E-state index contributed by atoms with van der Waals surface area (Å²) in [6, 6.07) is 9.15. The average molecular weight is 326 g/mol. The SMILES string of the molecule is COc1ccc(CNC(=O)Cn2nc(C)c(C)c(C#N)c2=O)cc1. The second-order valence-corrected chi connectivity index (χ2v) is 5.28. The van der Waals surface area contributed by atoms with E-state index in [0.29, 0.717) is 17.8 Å². The molecule has 1 heterocycles. The topological polar surface area (TPSA) is 97.0 Å². The standard InChI is InChI=1S/C17H18N4O3/c1-11-12(2)20-21(17(23)15(11)8-18)10-16(22)19-9-13-4-6-14(24-3)7-5-13/h4-7H,9-10H2,1-3H3,(H,19,22). The van der Waals surface area contributed by atoms with Crippen LogP contribution < -0.4 is 15.6 Å². The molecule has 1 amide bonds. The van der Waals surface area contributed by atoms with Gasteiger partial charge in [0.05, 0.1) is 12.8 Å². The van der Waals surface area contributed by atoms with Crippen LogP contribution >= 0.6 is 0 Å². The van der Waals surface area contributed by atoms with E-state index < -0.39 is 5.56 Å². The van der Waals surface area contributed by atoms with Crippen LogP contribution in [0.1, 0.15) is 22.4 Å². The monoisotopic (exact) mass is 326 g/mol. The average Bonchev–Trinajstić information content (AvgIpc) is 2.59. The number of nitrogens with one attached hydrogen (secondary N) is 1. The van der Waals surface area contributed by atoms with E-state index in [9.17, 15) is 9.59 Å². The molecule has 7 heteroatoms. The van der Waals surface area contributed by atoms with Gasteiger partial charge in [0.2, 0.25) is 5.91 Å². The summed E-state index contributed by atoms with van der Waals surface area (Å²) in [5, 5.41) is 15.9. The Kier molecular flexibility index (Phi) is 5.32. The highest BCUT2D eigenvalue weighted by Gasteiger charge is 2.13. The van der Waals surface area contributed by atoms with Crippen molar-refractivity contribution in [1.29, 1.82) is 5.26 Å². The number of hydrogen-bond donors (Lipinski definition) is 1. The normalized spacial score (nSPS) is 10.1. The summed E-state index contributed by atoms with van der Waals surface area (Å²) in [5.74, 6) is 0.382. The zero-order valence-corrected chi connectivity index (χ0v) is 13.8. The van der Waals surface area contributed by atoms with Crippen LogP contribution in [0.3, 0.4) is 0 Å². The minimum Gasteiger partial charge on any atom is -0.497 e. The second-order valence-electron chi connectivity index (χ2n) is 5.28. The fourth-order valence-electron chi connectivity index (χ4n) is 2.15. The van der Waals surface area contributed by atoms with Crippen molar-refractivity contribution in [2.75, 3.05) is 7.11 Å². The molecule has 1 N–H and O–H groups in total. The minimum absolute atomic E-state index is 0.0189. The number of hydrogen-bond acceptors (Lipinski definition) is 5. The molecule has 0 atom stereocenters. The van der Waals surface area contributed by atoms with Gasteiger partial charge in [-0.25, -0.2) is 4.68 Å². The van der Waals surface area contributed by atoms with Crippen molar-refractivity contribution in [3.63, 3.8) is 0 Å². The number of carbonyl (C=O) groups excluding carboxylic acids is 1. The zero-order chi connectivity index (χ0) is 17.7. The lowest BCUT2D eigenvalue weighted by atomic mass is 10.1. The number of amides is 1. The Morgan fingerprint density at radius 3 is 2.58 bits per heavy atom. The number of carbonyl (C=O) groups is 1. The summed E-state index contributed by atoms with van der Waals surface area (Å²) >= 11 is 0. The van der Waals surface area contributed by atoms with Gasteiger partial charge in [0.1, 0.15) is 23.9 Å². The van der Waals surface area contributed by atoms with Crippen LogP contribution in [0.15, 0.2) is 29.1 Å². The number of ether oxygens (including phenoxy) is 1. The van der Waals surface area contributed by atoms with Crippen LogP contribution in [-0.2, 0) is 17.9 Å². The van der Waals surface area contributed by atoms with E-state index in [0.717, 1.165) is 16.0 Å². The molecule has 0 aliphatic carbocycles. The van der Waals surface area contributed by atoms with Crippen molar-refractivity contribution < 1.29 is 9.53 Å². The predicted molar refractivity (Wildman–Crippen MR) is 87.5 cm³/mol. The number of methoxy groups -OCH3 is 1. The van der Waals surface area contributed by atoms with Gasteiger partial charge in [-0.2, -0.15) is 10.4 Å². The maximum absolute atomic E-state index is 12.1. The van der Waals surface area contributed by atoms with Crippen molar-refractivity contribution in [2.24, 2.45) is 0 Å². The Morgan fingerprint density at radius 2 is 2.00 bits per heavy atom. The van der Waals surface area contributed by atoms with Gasteiger partial charge in [-0.05, 0) is 37.1 Å². The Balaban J connectivity index is 2.06. The molecule has 0 radical (unpaired) electrons. The van der Waals surface area contributed by atoms with Crippen LogP contribution in [0.5, 0.6) is 5.75 Å². The first-order valence-corrected chi connectivity index (χ1v) is 7.34. The first kappa shape index (κ1) is 17.2. The van der Waals surface area contributed by atoms with Crippen LogP contribution in [0.2, 0.25) is 0 Å². The molecule has 1 aromatic heterocycles. The molecular weight excluding hydrogens is 308 g/mol. The van der Waals surface area contributed by atoms with Gasteiger partial charge < -0.3 is 10.1 Å². The molecule has 2 rings (SSSR count). The number of nitrogens with zero attached hydrogens (tertiary/aromatic N) is 3. The molecule has 0 bridgehead atoms. The van der Waals surface area contributed by atoms with E-state index in [1.807, 2.05) is 18.2 Å². The van der Waals surface area contributed by atoms with Gasteiger partial charge >= 0.3 is 0 Å². The maximum atomic E-state index is 12.1. The fourth-order valence-corrected chi connectivity index (χ4v) is 2.15. The van der Waals surface area contributed by atoms with E-state index in [2.05, 4.69) is 10.4 Å². The van der Waals surface area contributed by atoms with Crippen LogP contribution in [0.25, 0.3) is 0 Å². The molecule has 0 spiro atoms. The van der Waals surface area contributed by atoms with Gasteiger partial charge in [-0.3, -0.25) is 9.59 Å². The van der Waals surface area contributed by atoms with Gasteiger partial charge in [0.25, 0.3) is 5.56 Å². The molecule has 24 heavy (non-hydrogen) atoms. The summed E-state index contributed by atoms with van der Waals surface area (Å²) in [7, 11) is 1.58. The fraction of sp³-hybridized carbons (Fsp3) is 0.294. The number of benzene rings is 1. The summed E-state index contributed by atoms with van der Waals surface area (Å²) < 4.78 is 6.09. The number of rotatable bonds is 5.